The van der Waals surface area contributed by atoms with Gasteiger partial charge in [0.2, 0.25) is 0 Å². The fraction of sp³-hybridized carbons (Fsp3) is 0.350. The van der Waals surface area contributed by atoms with Crippen LogP contribution >= 0.6 is 0 Å². The Kier molecular flexibility index (Phi) is 5.70. The lowest BCUT2D eigenvalue weighted by Crippen LogP contribution is -2.30. The predicted molar refractivity (Wildman–Crippen MR) is 108 cm³/mol. The van der Waals surface area contributed by atoms with Crippen LogP contribution in [0.2, 0.25) is 0 Å². The Hall–Kier alpha value is -2.54. The maximum atomic E-state index is 13.0. The molecule has 2 aromatic rings. The first kappa shape index (κ1) is 19.2. The third-order valence-electron chi connectivity index (χ3n) is 4.53. The molecule has 3 rings (SSSR count). The minimum atomic E-state index is -3.62. The summed E-state index contributed by atoms with van der Waals surface area (Å²) in [6.07, 6.45) is 1.56. The fourth-order valence-electron chi connectivity index (χ4n) is 3.05. The molecule has 1 aliphatic rings. The first-order chi connectivity index (χ1) is 12.9. The summed E-state index contributed by atoms with van der Waals surface area (Å²) >= 11 is 0. The van der Waals surface area contributed by atoms with E-state index in [-0.39, 0.29) is 10.9 Å². The number of carbonyl (C=O) groups excluding carboxylic acids is 1. The van der Waals surface area contributed by atoms with Gasteiger partial charge < -0.3 is 10.6 Å². The average Bonchev–Trinajstić information content (AvgIpc) is 3.06. The van der Waals surface area contributed by atoms with Gasteiger partial charge in [0.25, 0.3) is 10.0 Å². The second kappa shape index (κ2) is 8.00. The molecule has 0 fully saturated rings. The van der Waals surface area contributed by atoms with Gasteiger partial charge in [0, 0.05) is 18.8 Å². The van der Waals surface area contributed by atoms with E-state index in [0.717, 1.165) is 12.0 Å². The summed E-state index contributed by atoms with van der Waals surface area (Å²) in [6.45, 7) is 5.20. The number of amides is 2. The smallest absolute Gasteiger partial charge is 0.319 e. The summed E-state index contributed by atoms with van der Waals surface area (Å²) in [5, 5.41) is 5.60. The van der Waals surface area contributed by atoms with E-state index in [1.54, 1.807) is 42.5 Å². The summed E-state index contributed by atoms with van der Waals surface area (Å²) in [5.41, 5.74) is 2.16. The van der Waals surface area contributed by atoms with Gasteiger partial charge in [-0.05, 0) is 48.6 Å². The Balaban J connectivity index is 1.76. The van der Waals surface area contributed by atoms with Gasteiger partial charge in [-0.1, -0.05) is 38.1 Å². The van der Waals surface area contributed by atoms with Crippen LogP contribution in [0.25, 0.3) is 0 Å². The molecule has 0 spiro atoms. The van der Waals surface area contributed by atoms with Gasteiger partial charge in [-0.3, -0.25) is 4.31 Å². The van der Waals surface area contributed by atoms with Crippen molar-refractivity contribution in [1.82, 2.24) is 5.32 Å². The maximum Gasteiger partial charge on any atom is 0.319 e. The van der Waals surface area contributed by atoms with Crippen LogP contribution in [0.1, 0.15) is 25.8 Å². The van der Waals surface area contributed by atoms with Crippen LogP contribution in [-0.2, 0) is 16.4 Å². The molecule has 0 aliphatic carbocycles. The number of sulfonamides is 1. The zero-order valence-corrected chi connectivity index (χ0v) is 16.4. The van der Waals surface area contributed by atoms with Crippen molar-refractivity contribution < 1.29 is 13.2 Å². The number of hydrogen-bond donors (Lipinski definition) is 2. The minimum Gasteiger partial charge on any atom is -0.338 e. The number of nitrogens with one attached hydrogen (secondary N) is 2. The quantitative estimate of drug-likeness (QED) is 0.795. The molecule has 0 saturated carbocycles. The number of anilines is 2. The lowest BCUT2D eigenvalue weighted by molar-refractivity contribution is 0.251. The van der Waals surface area contributed by atoms with Crippen LogP contribution in [0, 0.1) is 5.92 Å². The third kappa shape index (κ3) is 4.42. The van der Waals surface area contributed by atoms with Crippen LogP contribution in [0.5, 0.6) is 0 Å². The molecule has 0 bridgehead atoms. The molecule has 27 heavy (non-hydrogen) atoms. The monoisotopic (exact) mass is 387 g/mol. The lowest BCUT2D eigenvalue weighted by Gasteiger charge is -2.20. The molecule has 1 heterocycles. The molecule has 0 atom stereocenters. The summed E-state index contributed by atoms with van der Waals surface area (Å²) in [4.78, 5) is 12.3. The third-order valence-corrected chi connectivity index (χ3v) is 6.36. The molecular formula is C20H25N3O3S. The first-order valence-electron chi connectivity index (χ1n) is 9.13. The maximum absolute atomic E-state index is 13.0. The highest BCUT2D eigenvalue weighted by Crippen LogP contribution is 2.34. The number of urea groups is 1. The van der Waals surface area contributed by atoms with Crippen LogP contribution in [-0.4, -0.2) is 27.5 Å². The molecule has 6 nitrogen and oxygen atoms in total. The number of fused-ring (bicyclic) bond motifs is 1. The van der Waals surface area contributed by atoms with E-state index in [4.69, 9.17) is 0 Å². The van der Waals surface area contributed by atoms with Gasteiger partial charge in [-0.25, -0.2) is 13.2 Å². The van der Waals surface area contributed by atoms with Gasteiger partial charge in [0.15, 0.2) is 0 Å². The summed E-state index contributed by atoms with van der Waals surface area (Å²) < 4.78 is 27.3. The number of benzene rings is 2. The first-order valence-corrected chi connectivity index (χ1v) is 10.6. The number of nitrogens with zero attached hydrogens (tertiary/aromatic N) is 1. The van der Waals surface area contributed by atoms with E-state index in [0.29, 0.717) is 36.8 Å². The molecule has 0 unspecified atom stereocenters. The highest BCUT2D eigenvalue weighted by molar-refractivity contribution is 7.92. The van der Waals surface area contributed by atoms with Gasteiger partial charge in [-0.2, -0.15) is 0 Å². The van der Waals surface area contributed by atoms with Crippen molar-refractivity contribution in [2.24, 2.45) is 5.92 Å². The molecule has 7 heteroatoms. The number of carbonyl (C=O) groups is 1. The summed E-state index contributed by atoms with van der Waals surface area (Å²) in [7, 11) is -3.62. The zero-order valence-electron chi connectivity index (χ0n) is 15.6. The van der Waals surface area contributed by atoms with E-state index in [1.807, 2.05) is 6.07 Å². The molecule has 2 amide bonds. The van der Waals surface area contributed by atoms with E-state index in [9.17, 15) is 13.2 Å². The highest BCUT2D eigenvalue weighted by Gasteiger charge is 2.31. The normalized spacial score (nSPS) is 13.5. The SMILES string of the molecule is CC(C)CCNC(=O)Nc1ccc2c(c1)N(S(=O)(=O)c1ccccc1)CC2. The van der Waals surface area contributed by atoms with E-state index in [1.165, 1.54) is 4.31 Å². The van der Waals surface area contributed by atoms with Gasteiger partial charge in [0.05, 0.1) is 10.6 Å². The van der Waals surface area contributed by atoms with E-state index in [2.05, 4.69) is 24.5 Å². The van der Waals surface area contributed by atoms with Crippen LogP contribution in [0.4, 0.5) is 16.2 Å². The Labute approximate surface area is 160 Å². The lowest BCUT2D eigenvalue weighted by atomic mass is 10.1. The molecule has 2 aromatic carbocycles. The van der Waals surface area contributed by atoms with E-state index < -0.39 is 10.0 Å². The van der Waals surface area contributed by atoms with Crippen molar-refractivity contribution in [3.05, 3.63) is 54.1 Å². The van der Waals surface area contributed by atoms with Crippen molar-refractivity contribution >= 4 is 27.4 Å². The summed E-state index contributed by atoms with van der Waals surface area (Å²) in [5.74, 6) is 0.516. The van der Waals surface area contributed by atoms with Gasteiger partial charge >= 0.3 is 6.03 Å². The highest BCUT2D eigenvalue weighted by atomic mass is 32.2. The minimum absolute atomic E-state index is 0.266. The Morgan fingerprint density at radius 2 is 1.89 bits per heavy atom. The van der Waals surface area contributed by atoms with Crippen molar-refractivity contribution in [3.8, 4) is 0 Å². The van der Waals surface area contributed by atoms with E-state index >= 15 is 0 Å². The molecule has 2 N–H and O–H groups in total. The number of rotatable bonds is 6. The topological polar surface area (TPSA) is 78.5 Å². The van der Waals surface area contributed by atoms with Crippen molar-refractivity contribution in [2.45, 2.75) is 31.6 Å². The van der Waals surface area contributed by atoms with Crippen LogP contribution < -0.4 is 14.9 Å². The van der Waals surface area contributed by atoms with Crippen molar-refractivity contribution in [1.29, 1.82) is 0 Å². The molecular weight excluding hydrogens is 362 g/mol. The zero-order chi connectivity index (χ0) is 19.4. The standard InChI is InChI=1S/C20H25N3O3S/c1-15(2)10-12-21-20(24)22-17-9-8-16-11-13-23(19(16)14-17)27(25,26)18-6-4-3-5-7-18/h3-9,14-15H,10-13H2,1-2H3,(H2,21,22,24). The van der Waals surface area contributed by atoms with Crippen LogP contribution in [0.3, 0.4) is 0 Å². The van der Waals surface area contributed by atoms with Gasteiger partial charge in [-0.15, -0.1) is 0 Å². The molecule has 0 radical (unpaired) electrons. The summed E-state index contributed by atoms with van der Waals surface area (Å²) in [6, 6.07) is 13.5. The average molecular weight is 388 g/mol. The largest absolute Gasteiger partial charge is 0.338 e. The van der Waals surface area contributed by atoms with Crippen molar-refractivity contribution in [2.75, 3.05) is 22.7 Å². The second-order valence-electron chi connectivity index (χ2n) is 7.05. The molecule has 144 valence electrons. The van der Waals surface area contributed by atoms with Crippen LogP contribution in [0.15, 0.2) is 53.4 Å². The molecule has 0 saturated heterocycles. The van der Waals surface area contributed by atoms with Gasteiger partial charge in [0.1, 0.15) is 0 Å². The molecule has 1 aliphatic heterocycles. The Morgan fingerprint density at radius 1 is 1.15 bits per heavy atom. The Morgan fingerprint density at radius 3 is 2.59 bits per heavy atom. The van der Waals surface area contributed by atoms with Crippen molar-refractivity contribution in [3.63, 3.8) is 0 Å². The molecule has 0 aromatic heterocycles. The second-order valence-corrected chi connectivity index (χ2v) is 8.91. The Bertz CT molecular complexity index is 911. The predicted octanol–water partition coefficient (Wildman–Crippen LogP) is 3.61. The number of hydrogen-bond acceptors (Lipinski definition) is 3. The fourth-order valence-corrected chi connectivity index (χ4v) is 4.56.